The molecule has 0 bridgehead atoms. The Bertz CT molecular complexity index is 744. The fourth-order valence-corrected chi connectivity index (χ4v) is 2.74. The molecule has 21 heavy (non-hydrogen) atoms. The molecule has 0 fully saturated rings. The Hall–Kier alpha value is -2.15. The normalized spacial score (nSPS) is 11.0. The molecule has 0 amide bonds. The molecule has 0 aliphatic carbocycles. The molecule has 0 N–H and O–H groups in total. The van der Waals surface area contributed by atoms with E-state index in [1.54, 1.807) is 0 Å². The summed E-state index contributed by atoms with van der Waals surface area (Å²) in [7, 11) is 0. The zero-order valence-corrected chi connectivity index (χ0v) is 12.8. The van der Waals surface area contributed by atoms with Crippen LogP contribution in [-0.2, 0) is 6.42 Å². The highest BCUT2D eigenvalue weighted by molar-refractivity contribution is 5.85. The number of hydrogen-bond acceptors (Lipinski definition) is 1. The van der Waals surface area contributed by atoms with Crippen LogP contribution in [0.5, 0.6) is 0 Å². The predicted molar refractivity (Wildman–Crippen MR) is 90.5 cm³/mol. The Morgan fingerprint density at radius 2 is 1.76 bits per heavy atom. The summed E-state index contributed by atoms with van der Waals surface area (Å²) in [4.78, 5) is 4.86. The minimum absolute atomic E-state index is 1.08. The van der Waals surface area contributed by atoms with Gasteiger partial charge < -0.3 is 0 Å². The van der Waals surface area contributed by atoms with Crippen LogP contribution in [0.1, 0.15) is 30.9 Å². The van der Waals surface area contributed by atoms with Crippen LogP contribution in [0, 0.1) is 6.92 Å². The summed E-state index contributed by atoms with van der Waals surface area (Å²) in [6, 6.07) is 19.3. The van der Waals surface area contributed by atoms with Gasteiger partial charge in [0.15, 0.2) is 0 Å². The largest absolute Gasteiger partial charge is 0.248 e. The van der Waals surface area contributed by atoms with Crippen LogP contribution >= 0.6 is 0 Å². The molecule has 0 aliphatic heterocycles. The third kappa shape index (κ3) is 2.97. The first kappa shape index (κ1) is 13.8. The molecule has 0 aliphatic rings. The Labute approximate surface area is 126 Å². The van der Waals surface area contributed by atoms with Crippen LogP contribution in [0.3, 0.4) is 0 Å². The topological polar surface area (TPSA) is 12.9 Å². The quantitative estimate of drug-likeness (QED) is 0.608. The number of nitrogens with zero attached hydrogens (tertiary/aromatic N) is 1. The van der Waals surface area contributed by atoms with E-state index in [0.717, 1.165) is 17.6 Å². The summed E-state index contributed by atoms with van der Waals surface area (Å²) in [6.07, 6.45) is 3.57. The van der Waals surface area contributed by atoms with Gasteiger partial charge in [-0.2, -0.15) is 0 Å². The van der Waals surface area contributed by atoms with E-state index >= 15 is 0 Å². The summed E-state index contributed by atoms with van der Waals surface area (Å²) in [6.45, 7) is 4.39. The molecule has 106 valence electrons. The second kappa shape index (κ2) is 6.09. The van der Waals surface area contributed by atoms with Crippen LogP contribution in [-0.4, -0.2) is 4.98 Å². The molecule has 1 nitrogen and oxygen atoms in total. The lowest BCUT2D eigenvalue weighted by molar-refractivity contribution is 0.798. The molecular weight excluding hydrogens is 254 g/mol. The number of fused-ring (bicyclic) bond motifs is 1. The van der Waals surface area contributed by atoms with E-state index < -0.39 is 0 Å². The highest BCUT2D eigenvalue weighted by atomic mass is 14.7. The SMILES string of the molecule is CCCCc1cc(-c2ccccc2)nc2ccc(C)cc12. The summed E-state index contributed by atoms with van der Waals surface area (Å²) in [5, 5.41) is 1.31. The van der Waals surface area contributed by atoms with Crippen molar-refractivity contribution in [1.29, 1.82) is 0 Å². The van der Waals surface area contributed by atoms with E-state index in [9.17, 15) is 0 Å². The molecule has 3 rings (SSSR count). The number of unbranched alkanes of at least 4 members (excludes halogenated alkanes) is 1. The highest BCUT2D eigenvalue weighted by Gasteiger charge is 2.07. The van der Waals surface area contributed by atoms with E-state index in [2.05, 4.69) is 62.4 Å². The molecule has 0 atom stereocenters. The molecule has 2 aromatic carbocycles. The fourth-order valence-electron chi connectivity index (χ4n) is 2.74. The summed E-state index contributed by atoms with van der Waals surface area (Å²) >= 11 is 0. The first-order valence-electron chi connectivity index (χ1n) is 7.73. The predicted octanol–water partition coefficient (Wildman–Crippen LogP) is 5.55. The molecule has 0 saturated carbocycles. The van der Waals surface area contributed by atoms with Crippen molar-refractivity contribution in [2.24, 2.45) is 0 Å². The first-order valence-corrected chi connectivity index (χ1v) is 7.73. The Balaban J connectivity index is 2.17. The van der Waals surface area contributed by atoms with Crippen molar-refractivity contribution in [3.8, 4) is 11.3 Å². The lowest BCUT2D eigenvalue weighted by atomic mass is 9.99. The average molecular weight is 275 g/mol. The van der Waals surface area contributed by atoms with Gasteiger partial charge in [0.2, 0.25) is 0 Å². The molecular formula is C20H21N. The van der Waals surface area contributed by atoms with Gasteiger partial charge in [-0.1, -0.05) is 55.3 Å². The van der Waals surface area contributed by atoms with Gasteiger partial charge in [-0.15, -0.1) is 0 Å². The van der Waals surface area contributed by atoms with E-state index in [-0.39, 0.29) is 0 Å². The number of aryl methyl sites for hydroxylation is 2. The number of pyridine rings is 1. The van der Waals surface area contributed by atoms with Gasteiger partial charge in [0.05, 0.1) is 11.2 Å². The second-order valence-electron chi connectivity index (χ2n) is 5.66. The molecule has 0 saturated heterocycles. The van der Waals surface area contributed by atoms with E-state index in [4.69, 9.17) is 4.98 Å². The monoisotopic (exact) mass is 275 g/mol. The van der Waals surface area contributed by atoms with Crippen LogP contribution in [0.15, 0.2) is 54.6 Å². The molecule has 0 unspecified atom stereocenters. The maximum Gasteiger partial charge on any atom is 0.0712 e. The second-order valence-corrected chi connectivity index (χ2v) is 5.66. The lowest BCUT2D eigenvalue weighted by Gasteiger charge is -2.10. The lowest BCUT2D eigenvalue weighted by Crippen LogP contribution is -1.94. The van der Waals surface area contributed by atoms with Crippen molar-refractivity contribution in [2.75, 3.05) is 0 Å². The van der Waals surface area contributed by atoms with Gasteiger partial charge in [-0.25, -0.2) is 4.98 Å². The Morgan fingerprint density at radius 3 is 2.52 bits per heavy atom. The van der Waals surface area contributed by atoms with E-state index in [1.165, 1.54) is 34.9 Å². The molecule has 0 radical (unpaired) electrons. The van der Waals surface area contributed by atoms with Gasteiger partial charge in [-0.05, 0) is 43.5 Å². The van der Waals surface area contributed by atoms with Gasteiger partial charge >= 0.3 is 0 Å². The fraction of sp³-hybridized carbons (Fsp3) is 0.250. The summed E-state index contributed by atoms with van der Waals surface area (Å²) in [5.74, 6) is 0. The average Bonchev–Trinajstić information content (AvgIpc) is 2.53. The highest BCUT2D eigenvalue weighted by Crippen LogP contribution is 2.26. The van der Waals surface area contributed by atoms with Crippen molar-refractivity contribution in [3.63, 3.8) is 0 Å². The van der Waals surface area contributed by atoms with Gasteiger partial charge in [0, 0.05) is 10.9 Å². The molecule has 1 heteroatoms. The maximum atomic E-state index is 4.86. The third-order valence-electron chi connectivity index (χ3n) is 3.92. The first-order chi connectivity index (χ1) is 10.3. The summed E-state index contributed by atoms with van der Waals surface area (Å²) < 4.78 is 0. The van der Waals surface area contributed by atoms with Gasteiger partial charge in [0.25, 0.3) is 0 Å². The van der Waals surface area contributed by atoms with Crippen LogP contribution in [0.4, 0.5) is 0 Å². The summed E-state index contributed by atoms with van der Waals surface area (Å²) in [5.41, 5.74) is 6.10. The zero-order valence-electron chi connectivity index (χ0n) is 12.8. The van der Waals surface area contributed by atoms with Crippen molar-refractivity contribution in [2.45, 2.75) is 33.1 Å². The Morgan fingerprint density at radius 1 is 0.952 bits per heavy atom. The minimum atomic E-state index is 1.08. The third-order valence-corrected chi connectivity index (χ3v) is 3.92. The molecule has 1 heterocycles. The minimum Gasteiger partial charge on any atom is -0.248 e. The molecule has 3 aromatic rings. The van der Waals surface area contributed by atoms with Gasteiger partial charge in [-0.3, -0.25) is 0 Å². The van der Waals surface area contributed by atoms with E-state index in [1.807, 2.05) is 6.07 Å². The van der Waals surface area contributed by atoms with Crippen molar-refractivity contribution in [3.05, 3.63) is 65.7 Å². The molecule has 1 aromatic heterocycles. The van der Waals surface area contributed by atoms with Crippen LogP contribution in [0.2, 0.25) is 0 Å². The molecule has 0 spiro atoms. The standard InChI is InChI=1S/C20H21N/c1-3-4-8-17-14-20(16-9-6-5-7-10-16)21-19-12-11-15(2)13-18(17)19/h5-7,9-14H,3-4,8H2,1-2H3. The van der Waals surface area contributed by atoms with Crippen LogP contribution < -0.4 is 0 Å². The number of benzene rings is 2. The van der Waals surface area contributed by atoms with Crippen molar-refractivity contribution >= 4 is 10.9 Å². The zero-order chi connectivity index (χ0) is 14.7. The number of aromatic nitrogens is 1. The number of rotatable bonds is 4. The van der Waals surface area contributed by atoms with E-state index in [0.29, 0.717) is 0 Å². The Kier molecular flexibility index (Phi) is 4.01. The van der Waals surface area contributed by atoms with Crippen molar-refractivity contribution in [1.82, 2.24) is 4.98 Å². The van der Waals surface area contributed by atoms with Gasteiger partial charge in [0.1, 0.15) is 0 Å². The van der Waals surface area contributed by atoms with Crippen molar-refractivity contribution < 1.29 is 0 Å². The number of hydrogen-bond donors (Lipinski definition) is 0. The maximum absolute atomic E-state index is 4.86. The van der Waals surface area contributed by atoms with Crippen LogP contribution in [0.25, 0.3) is 22.2 Å². The smallest absolute Gasteiger partial charge is 0.0712 e.